The van der Waals surface area contributed by atoms with Gasteiger partial charge in [0.05, 0.1) is 0 Å². The Hall–Kier alpha value is 2.92. The standard InChI is InChI=1S/Gd.H3O4P.Sr.2H/c;1-5(2,3)4;;;/h;(H3,1,2,3,4);;;/q;;+2;2*-1. The Bertz CT molecular complexity index is 64.7. The van der Waals surface area contributed by atoms with Crippen LogP contribution in [-0.4, -0.2) is 60.2 Å². The van der Waals surface area contributed by atoms with E-state index in [1.54, 1.807) is 0 Å². The van der Waals surface area contributed by atoms with E-state index >= 15 is 0 Å². The first-order chi connectivity index (χ1) is 2.00. The molecule has 0 aliphatic carbocycles. The first-order valence-electron chi connectivity index (χ1n) is 0.783. The van der Waals surface area contributed by atoms with Crippen LogP contribution in [0.4, 0.5) is 0 Å². The molecular weight excluding hydrogens is 340 g/mol. The second-order valence-corrected chi connectivity index (χ2v) is 1.54. The minimum atomic E-state index is -4.64. The molecule has 0 aromatic rings. The van der Waals surface area contributed by atoms with Gasteiger partial charge in [-0.1, -0.05) is 0 Å². The van der Waals surface area contributed by atoms with Gasteiger partial charge >= 0.3 is 53.3 Å². The predicted octanol–water partition coefficient (Wildman–Crippen LogP) is -1.08. The molecule has 0 aromatic heterocycles. The third-order valence-corrected chi connectivity index (χ3v) is 0. The number of phosphoric acid groups is 1. The van der Waals surface area contributed by atoms with Gasteiger partial charge in [0.1, 0.15) is 0 Å². The van der Waals surface area contributed by atoms with Crippen LogP contribution in [-0.2, 0) is 4.57 Å². The molecule has 0 amide bonds. The maximum atomic E-state index is 8.88. The smallest absolute Gasteiger partial charge is 1.00 e. The van der Waals surface area contributed by atoms with E-state index in [2.05, 4.69) is 0 Å². The van der Waals surface area contributed by atoms with Crippen molar-refractivity contribution in [3.63, 3.8) is 0 Å². The third kappa shape index (κ3) is 50.2. The SMILES string of the molecule is O=P(O)(O)O.[Gd].[H-].[H-].[Sr+2]. The van der Waals surface area contributed by atoms with Crippen molar-refractivity contribution >= 4 is 53.3 Å². The second kappa shape index (κ2) is 7.03. The molecule has 0 radical (unpaired) electrons. The number of rotatable bonds is 0. The van der Waals surface area contributed by atoms with E-state index in [9.17, 15) is 0 Å². The molecule has 0 heterocycles. The molecule has 44 valence electrons. The average molecular weight is 345 g/mol. The molecule has 0 saturated heterocycles. The van der Waals surface area contributed by atoms with Crippen molar-refractivity contribution < 1.29 is 62.0 Å². The molecule has 0 bridgehead atoms. The van der Waals surface area contributed by atoms with Crippen molar-refractivity contribution in [3.05, 3.63) is 0 Å². The summed E-state index contributed by atoms with van der Waals surface area (Å²) in [5, 5.41) is 0. The summed E-state index contributed by atoms with van der Waals surface area (Å²) >= 11 is 0. The molecule has 7 heavy (non-hydrogen) atoms. The predicted molar refractivity (Wildman–Crippen MR) is 22.2 cm³/mol. The average Bonchev–Trinajstić information content (AvgIpc) is 0.722. The van der Waals surface area contributed by atoms with Crippen molar-refractivity contribution in [1.29, 1.82) is 0 Å². The van der Waals surface area contributed by atoms with E-state index in [1.165, 1.54) is 0 Å². The molecule has 7 heteroatoms. The molecule has 0 spiro atoms. The van der Waals surface area contributed by atoms with Crippen molar-refractivity contribution in [1.82, 2.24) is 0 Å². The van der Waals surface area contributed by atoms with Crippen LogP contribution in [0.1, 0.15) is 2.85 Å². The monoisotopic (exact) mass is 346 g/mol. The quantitative estimate of drug-likeness (QED) is 0.386. The molecule has 0 rings (SSSR count). The molecule has 3 N–H and O–H groups in total. The molecule has 0 fully saturated rings. The Morgan fingerprint density at radius 2 is 1.29 bits per heavy atom. The van der Waals surface area contributed by atoms with E-state index in [0.29, 0.717) is 0 Å². The molecule has 0 saturated carbocycles. The molecule has 0 unspecified atom stereocenters. The van der Waals surface area contributed by atoms with Gasteiger partial charge in [0, 0.05) is 39.9 Å². The first-order valence-corrected chi connectivity index (χ1v) is 2.35. The Balaban J connectivity index is -0.0000000133. The summed E-state index contributed by atoms with van der Waals surface area (Å²) in [5.41, 5.74) is 0. The summed E-state index contributed by atoms with van der Waals surface area (Å²) in [4.78, 5) is 21.6. The summed E-state index contributed by atoms with van der Waals surface area (Å²) < 4.78 is 8.88. The zero-order chi connectivity index (χ0) is 4.50. The van der Waals surface area contributed by atoms with Crippen LogP contribution in [0.5, 0.6) is 0 Å². The van der Waals surface area contributed by atoms with Gasteiger partial charge in [-0.05, 0) is 0 Å². The molecular formula is H5GdO4PSr. The van der Waals surface area contributed by atoms with E-state index < -0.39 is 7.82 Å². The van der Waals surface area contributed by atoms with Gasteiger partial charge in [0.2, 0.25) is 0 Å². The van der Waals surface area contributed by atoms with Gasteiger partial charge in [-0.15, -0.1) is 0 Å². The summed E-state index contributed by atoms with van der Waals surface area (Å²) in [5.74, 6) is 0. The third-order valence-electron chi connectivity index (χ3n) is 0. The normalized spacial score (nSPS) is 8.43. The van der Waals surface area contributed by atoms with Crippen molar-refractivity contribution in [2.24, 2.45) is 0 Å². The largest absolute Gasteiger partial charge is 2.00 e. The minimum absolute atomic E-state index is 0. The fourth-order valence-electron chi connectivity index (χ4n) is 0. The Labute approximate surface area is 113 Å². The molecule has 0 aromatic carbocycles. The van der Waals surface area contributed by atoms with Gasteiger partial charge in [-0.2, -0.15) is 0 Å². The molecule has 0 aliphatic heterocycles. The molecule has 0 aliphatic rings. The fourth-order valence-corrected chi connectivity index (χ4v) is 0. The van der Waals surface area contributed by atoms with E-state index in [-0.39, 0.29) is 88.3 Å². The van der Waals surface area contributed by atoms with Crippen molar-refractivity contribution in [2.75, 3.05) is 0 Å². The Kier molecular flexibility index (Phi) is 16.5. The fraction of sp³-hybridized carbons (Fsp3) is 0. The summed E-state index contributed by atoms with van der Waals surface area (Å²) in [6.07, 6.45) is 0. The van der Waals surface area contributed by atoms with E-state index in [4.69, 9.17) is 19.2 Å². The van der Waals surface area contributed by atoms with Crippen LogP contribution < -0.4 is 0 Å². The van der Waals surface area contributed by atoms with Crippen LogP contribution in [0.3, 0.4) is 0 Å². The van der Waals surface area contributed by atoms with Crippen LogP contribution in [0.2, 0.25) is 0 Å². The van der Waals surface area contributed by atoms with Gasteiger partial charge in [-0.3, -0.25) is 0 Å². The zero-order valence-corrected chi connectivity index (χ0v) is 9.90. The van der Waals surface area contributed by atoms with E-state index in [1.807, 2.05) is 0 Å². The summed E-state index contributed by atoms with van der Waals surface area (Å²) in [7, 11) is -4.64. The van der Waals surface area contributed by atoms with Gasteiger partial charge in [0.25, 0.3) is 0 Å². The van der Waals surface area contributed by atoms with Gasteiger partial charge in [0.15, 0.2) is 0 Å². The minimum Gasteiger partial charge on any atom is -1.00 e. The molecule has 4 nitrogen and oxygen atoms in total. The first kappa shape index (κ1) is 16.5. The number of hydrogen-bond acceptors (Lipinski definition) is 1. The summed E-state index contributed by atoms with van der Waals surface area (Å²) in [6.45, 7) is 0. The Morgan fingerprint density at radius 3 is 1.29 bits per heavy atom. The van der Waals surface area contributed by atoms with Crippen molar-refractivity contribution in [3.8, 4) is 0 Å². The van der Waals surface area contributed by atoms with Crippen LogP contribution >= 0.6 is 7.82 Å². The van der Waals surface area contributed by atoms with Crippen molar-refractivity contribution in [2.45, 2.75) is 0 Å². The Morgan fingerprint density at radius 1 is 1.29 bits per heavy atom. The van der Waals surface area contributed by atoms with Gasteiger partial charge in [-0.25, -0.2) is 4.57 Å². The maximum absolute atomic E-state index is 8.88. The van der Waals surface area contributed by atoms with Crippen LogP contribution in [0, 0.1) is 39.9 Å². The second-order valence-electron chi connectivity index (χ2n) is 0.513. The zero-order valence-electron chi connectivity index (χ0n) is 5.26. The van der Waals surface area contributed by atoms with Crippen LogP contribution in [0.15, 0.2) is 0 Å². The van der Waals surface area contributed by atoms with E-state index in [0.717, 1.165) is 0 Å². The maximum Gasteiger partial charge on any atom is 2.00 e. The number of hydrogen-bond donors (Lipinski definition) is 3. The van der Waals surface area contributed by atoms with Gasteiger partial charge < -0.3 is 17.5 Å². The summed E-state index contributed by atoms with van der Waals surface area (Å²) in [6, 6.07) is 0. The topological polar surface area (TPSA) is 77.8 Å². The molecule has 0 atom stereocenters. The van der Waals surface area contributed by atoms with Crippen LogP contribution in [0.25, 0.3) is 0 Å².